The third kappa shape index (κ3) is 5.25. The number of benzene rings is 2. The lowest BCUT2D eigenvalue weighted by Gasteiger charge is -2.26. The van der Waals surface area contributed by atoms with Crippen LogP contribution in [0.5, 0.6) is 5.75 Å². The van der Waals surface area contributed by atoms with Gasteiger partial charge in [-0.2, -0.15) is 0 Å². The highest BCUT2D eigenvalue weighted by Gasteiger charge is 2.46. The molecule has 186 valence electrons. The van der Waals surface area contributed by atoms with Crippen LogP contribution in [0.3, 0.4) is 0 Å². The molecule has 0 spiro atoms. The number of aromatic nitrogens is 1. The summed E-state index contributed by atoms with van der Waals surface area (Å²) in [7, 11) is 3.88. The minimum atomic E-state index is -0.748. The minimum Gasteiger partial charge on any atom is -0.507 e. The largest absolute Gasteiger partial charge is 0.507 e. The molecule has 1 fully saturated rings. The molecule has 7 heteroatoms. The zero-order valence-electron chi connectivity index (χ0n) is 21.0. The minimum absolute atomic E-state index is 0.0579. The highest BCUT2D eigenvalue weighted by Crippen LogP contribution is 2.41. The van der Waals surface area contributed by atoms with Crippen LogP contribution < -0.4 is 9.64 Å². The molecule has 1 unspecified atom stereocenters. The SMILES string of the molecule is CC(C)COc1cccc(/C(O)=C2/C(=O)C(=O)N(Cc3cccnc3)C2c2ccc(N(C)C)cc2)c1. The van der Waals surface area contributed by atoms with Gasteiger partial charge < -0.3 is 19.6 Å². The number of carbonyl (C=O) groups excluding carboxylic acids is 2. The van der Waals surface area contributed by atoms with Crippen LogP contribution in [0.2, 0.25) is 0 Å². The average molecular weight is 486 g/mol. The van der Waals surface area contributed by atoms with Crippen LogP contribution in [0.4, 0.5) is 5.69 Å². The number of hydrogen-bond acceptors (Lipinski definition) is 6. The van der Waals surface area contributed by atoms with Crippen LogP contribution >= 0.6 is 0 Å². The van der Waals surface area contributed by atoms with Crippen molar-refractivity contribution in [3.8, 4) is 5.75 Å². The second-order valence-electron chi connectivity index (χ2n) is 9.51. The maximum absolute atomic E-state index is 13.3. The molecule has 1 atom stereocenters. The lowest BCUT2D eigenvalue weighted by atomic mass is 9.95. The monoisotopic (exact) mass is 485 g/mol. The molecule has 0 bridgehead atoms. The molecule has 1 aliphatic heterocycles. The van der Waals surface area contributed by atoms with Gasteiger partial charge in [-0.15, -0.1) is 0 Å². The molecule has 1 amide bonds. The van der Waals surface area contributed by atoms with E-state index in [-0.39, 0.29) is 17.9 Å². The van der Waals surface area contributed by atoms with E-state index in [0.29, 0.717) is 23.8 Å². The Bertz CT molecular complexity index is 1270. The first-order valence-corrected chi connectivity index (χ1v) is 11.9. The van der Waals surface area contributed by atoms with Crippen molar-refractivity contribution in [1.82, 2.24) is 9.88 Å². The first-order chi connectivity index (χ1) is 17.3. The molecule has 7 nitrogen and oxygen atoms in total. The number of carbonyl (C=O) groups is 2. The van der Waals surface area contributed by atoms with Crippen LogP contribution in [0.25, 0.3) is 5.76 Å². The summed E-state index contributed by atoms with van der Waals surface area (Å²) >= 11 is 0. The molecule has 2 heterocycles. The van der Waals surface area contributed by atoms with Crippen molar-refractivity contribution in [2.75, 3.05) is 25.6 Å². The number of likely N-dealkylation sites (tertiary alicyclic amines) is 1. The molecule has 1 N–H and O–H groups in total. The predicted molar refractivity (Wildman–Crippen MR) is 140 cm³/mol. The number of rotatable bonds is 8. The fourth-order valence-corrected chi connectivity index (χ4v) is 4.18. The summed E-state index contributed by atoms with van der Waals surface area (Å²) in [6.07, 6.45) is 3.32. The molecule has 4 rings (SSSR count). The summed E-state index contributed by atoms with van der Waals surface area (Å²) in [5, 5.41) is 11.4. The molecular weight excluding hydrogens is 454 g/mol. The van der Waals surface area contributed by atoms with Crippen LogP contribution in [-0.2, 0) is 16.1 Å². The number of ketones is 1. The molecule has 0 aliphatic carbocycles. The van der Waals surface area contributed by atoms with Gasteiger partial charge in [-0.3, -0.25) is 14.6 Å². The van der Waals surface area contributed by atoms with Gasteiger partial charge in [0.2, 0.25) is 0 Å². The normalized spacial score (nSPS) is 17.0. The van der Waals surface area contributed by atoms with Crippen molar-refractivity contribution < 1.29 is 19.4 Å². The maximum Gasteiger partial charge on any atom is 0.295 e. The van der Waals surface area contributed by atoms with E-state index in [1.807, 2.05) is 49.3 Å². The van der Waals surface area contributed by atoms with E-state index in [2.05, 4.69) is 18.8 Å². The van der Waals surface area contributed by atoms with E-state index in [0.717, 1.165) is 16.8 Å². The highest BCUT2D eigenvalue weighted by molar-refractivity contribution is 6.46. The molecule has 36 heavy (non-hydrogen) atoms. The van der Waals surface area contributed by atoms with Gasteiger partial charge in [0, 0.05) is 44.3 Å². The Hall–Kier alpha value is -4.13. The zero-order valence-corrected chi connectivity index (χ0v) is 21.0. The molecule has 1 saturated heterocycles. The first kappa shape index (κ1) is 25.0. The smallest absolute Gasteiger partial charge is 0.295 e. The molecule has 2 aromatic carbocycles. The van der Waals surface area contributed by atoms with E-state index in [9.17, 15) is 14.7 Å². The third-order valence-corrected chi connectivity index (χ3v) is 6.03. The van der Waals surface area contributed by atoms with Crippen molar-refractivity contribution in [2.45, 2.75) is 26.4 Å². The number of nitrogens with zero attached hydrogens (tertiary/aromatic N) is 3. The Morgan fingerprint density at radius 3 is 2.47 bits per heavy atom. The van der Waals surface area contributed by atoms with E-state index in [4.69, 9.17) is 4.74 Å². The van der Waals surface area contributed by atoms with Gasteiger partial charge in [0.05, 0.1) is 18.2 Å². The van der Waals surface area contributed by atoms with Gasteiger partial charge in [0.1, 0.15) is 11.5 Å². The van der Waals surface area contributed by atoms with Gasteiger partial charge in [0.25, 0.3) is 11.7 Å². The van der Waals surface area contributed by atoms with Crippen LogP contribution in [0.15, 0.2) is 78.6 Å². The summed E-state index contributed by atoms with van der Waals surface area (Å²) in [5.41, 5.74) is 2.99. The van der Waals surface area contributed by atoms with Gasteiger partial charge in [0.15, 0.2) is 0 Å². The summed E-state index contributed by atoms with van der Waals surface area (Å²) in [4.78, 5) is 34.2. The van der Waals surface area contributed by atoms with E-state index >= 15 is 0 Å². The molecule has 1 aromatic heterocycles. The number of amides is 1. The van der Waals surface area contributed by atoms with Gasteiger partial charge in [-0.1, -0.05) is 44.2 Å². The standard InChI is InChI=1S/C29H31N3O4/c1-19(2)18-36-24-9-5-8-22(15-24)27(33)25-26(21-10-12-23(13-11-21)31(3)4)32(29(35)28(25)34)17-20-7-6-14-30-16-20/h5-16,19,26,33H,17-18H2,1-4H3/b27-25-. The second-order valence-corrected chi connectivity index (χ2v) is 9.51. The Morgan fingerprint density at radius 1 is 1.08 bits per heavy atom. The fraction of sp³-hybridized carbons (Fsp3) is 0.276. The van der Waals surface area contributed by atoms with E-state index < -0.39 is 17.7 Å². The van der Waals surface area contributed by atoms with Crippen LogP contribution in [-0.4, -0.2) is 47.4 Å². The van der Waals surface area contributed by atoms with Crippen molar-refractivity contribution >= 4 is 23.1 Å². The number of aliphatic hydroxyl groups excluding tert-OH is 1. The van der Waals surface area contributed by atoms with Crippen molar-refractivity contribution in [3.63, 3.8) is 0 Å². The highest BCUT2D eigenvalue weighted by atomic mass is 16.5. The summed E-state index contributed by atoms with van der Waals surface area (Å²) < 4.78 is 5.81. The number of aliphatic hydroxyl groups is 1. The summed E-state index contributed by atoms with van der Waals surface area (Å²) in [5.74, 6) is -0.672. The molecular formula is C29H31N3O4. The number of pyridine rings is 1. The third-order valence-electron chi connectivity index (χ3n) is 6.03. The lowest BCUT2D eigenvalue weighted by molar-refractivity contribution is -0.140. The Labute approximate surface area is 211 Å². The molecule has 0 saturated carbocycles. The predicted octanol–water partition coefficient (Wildman–Crippen LogP) is 4.80. The van der Waals surface area contributed by atoms with Crippen molar-refractivity contribution in [1.29, 1.82) is 0 Å². The Balaban J connectivity index is 1.80. The fourth-order valence-electron chi connectivity index (χ4n) is 4.18. The van der Waals surface area contributed by atoms with Crippen LogP contribution in [0, 0.1) is 5.92 Å². The van der Waals surface area contributed by atoms with E-state index in [1.165, 1.54) is 4.90 Å². The van der Waals surface area contributed by atoms with Crippen molar-refractivity contribution in [3.05, 3.63) is 95.3 Å². The maximum atomic E-state index is 13.3. The number of anilines is 1. The quantitative estimate of drug-likeness (QED) is 0.280. The summed E-state index contributed by atoms with van der Waals surface area (Å²) in [6.45, 7) is 4.81. The molecule has 0 radical (unpaired) electrons. The Kier molecular flexibility index (Phi) is 7.38. The number of hydrogen-bond donors (Lipinski definition) is 1. The summed E-state index contributed by atoms with van der Waals surface area (Å²) in [6, 6.07) is 17.5. The Morgan fingerprint density at radius 2 is 1.83 bits per heavy atom. The zero-order chi connectivity index (χ0) is 25.8. The topological polar surface area (TPSA) is 83.0 Å². The lowest BCUT2D eigenvalue weighted by Crippen LogP contribution is -2.29. The molecule has 3 aromatic rings. The average Bonchev–Trinajstić information content (AvgIpc) is 3.12. The second kappa shape index (κ2) is 10.6. The first-order valence-electron chi connectivity index (χ1n) is 11.9. The van der Waals surface area contributed by atoms with Crippen LogP contribution in [0.1, 0.15) is 36.6 Å². The molecule has 1 aliphatic rings. The van der Waals surface area contributed by atoms with Gasteiger partial charge >= 0.3 is 0 Å². The number of Topliss-reactive ketones (excluding diaryl/α,β-unsaturated/α-hetero) is 1. The van der Waals surface area contributed by atoms with Gasteiger partial charge in [-0.25, -0.2) is 0 Å². The van der Waals surface area contributed by atoms with Crippen molar-refractivity contribution in [2.24, 2.45) is 5.92 Å². The number of ether oxygens (including phenoxy) is 1. The van der Waals surface area contributed by atoms with Gasteiger partial charge in [-0.05, 0) is 47.4 Å². The van der Waals surface area contributed by atoms with E-state index in [1.54, 1.807) is 42.7 Å².